The zero-order chi connectivity index (χ0) is 14.8. The van der Waals surface area contributed by atoms with Gasteiger partial charge >= 0.3 is 0 Å². The number of para-hydroxylation sites is 2. The van der Waals surface area contributed by atoms with E-state index < -0.39 is 17.5 Å². The molecule has 108 valence electrons. The van der Waals surface area contributed by atoms with Crippen LogP contribution in [-0.4, -0.2) is 19.0 Å². The third kappa shape index (κ3) is 2.46. The molecule has 3 nitrogen and oxygen atoms in total. The highest BCUT2D eigenvalue weighted by molar-refractivity contribution is 6.08. The van der Waals surface area contributed by atoms with Crippen molar-refractivity contribution < 1.29 is 13.6 Å². The minimum Gasteiger partial charge on any atom is -0.383 e. The Hall–Kier alpha value is -2.43. The first-order valence-corrected chi connectivity index (χ1v) is 6.77. The van der Waals surface area contributed by atoms with Crippen molar-refractivity contribution in [3.8, 4) is 0 Å². The van der Waals surface area contributed by atoms with E-state index in [2.05, 4.69) is 5.32 Å². The molecule has 0 radical (unpaired) electrons. The van der Waals surface area contributed by atoms with Gasteiger partial charge in [-0.3, -0.25) is 4.79 Å². The average molecular weight is 288 g/mol. The fourth-order valence-corrected chi connectivity index (χ4v) is 2.46. The molecule has 0 spiro atoms. The lowest BCUT2D eigenvalue weighted by atomic mass is 10.1. The summed E-state index contributed by atoms with van der Waals surface area (Å²) in [6.07, 6.45) is 0.733. The fourth-order valence-electron chi connectivity index (χ4n) is 2.46. The van der Waals surface area contributed by atoms with Gasteiger partial charge in [-0.2, -0.15) is 0 Å². The van der Waals surface area contributed by atoms with Gasteiger partial charge in [0.15, 0.2) is 11.6 Å². The van der Waals surface area contributed by atoms with Crippen LogP contribution in [0.15, 0.2) is 42.5 Å². The van der Waals surface area contributed by atoms with Crippen molar-refractivity contribution in [3.05, 3.63) is 59.7 Å². The largest absolute Gasteiger partial charge is 0.383 e. The molecule has 2 aromatic carbocycles. The van der Waals surface area contributed by atoms with Crippen LogP contribution >= 0.6 is 0 Å². The van der Waals surface area contributed by atoms with Gasteiger partial charge in [0, 0.05) is 13.1 Å². The highest BCUT2D eigenvalue weighted by Gasteiger charge is 2.25. The lowest BCUT2D eigenvalue weighted by Crippen LogP contribution is -2.32. The van der Waals surface area contributed by atoms with E-state index in [9.17, 15) is 13.6 Å². The molecule has 21 heavy (non-hydrogen) atoms. The Labute approximate surface area is 121 Å². The molecule has 0 bridgehead atoms. The van der Waals surface area contributed by atoms with Gasteiger partial charge < -0.3 is 10.2 Å². The molecular weight excluding hydrogens is 274 g/mol. The maximum atomic E-state index is 13.8. The summed E-state index contributed by atoms with van der Waals surface area (Å²) in [6, 6.07) is 11.0. The second-order valence-electron chi connectivity index (χ2n) is 4.86. The minimum atomic E-state index is -1.10. The number of amides is 1. The van der Waals surface area contributed by atoms with E-state index in [0.717, 1.165) is 24.7 Å². The second-order valence-corrected chi connectivity index (χ2v) is 4.86. The minimum absolute atomic E-state index is 0.244. The van der Waals surface area contributed by atoms with Crippen LogP contribution in [0.2, 0.25) is 0 Å². The summed E-state index contributed by atoms with van der Waals surface area (Å²) in [5.74, 6) is -2.64. The second kappa shape index (κ2) is 5.52. The molecule has 1 amide bonds. The number of carbonyl (C=O) groups excluding carboxylic acids is 1. The Balaban J connectivity index is 2.03. The molecular formula is C16H14F2N2O. The average Bonchev–Trinajstić information content (AvgIpc) is 2.72. The zero-order valence-electron chi connectivity index (χ0n) is 11.3. The first kappa shape index (κ1) is 13.5. The van der Waals surface area contributed by atoms with Crippen molar-refractivity contribution in [2.75, 3.05) is 23.3 Å². The molecule has 3 rings (SSSR count). The molecule has 2 aromatic rings. The zero-order valence-corrected chi connectivity index (χ0v) is 11.3. The Morgan fingerprint density at radius 2 is 1.90 bits per heavy atom. The van der Waals surface area contributed by atoms with Gasteiger partial charge in [-0.15, -0.1) is 0 Å². The number of nitrogens with zero attached hydrogens (tertiary/aromatic N) is 1. The maximum absolute atomic E-state index is 13.8. The number of hydrogen-bond acceptors (Lipinski definition) is 2. The smallest absolute Gasteiger partial charge is 0.261 e. The van der Waals surface area contributed by atoms with Gasteiger partial charge in [-0.05, 0) is 30.7 Å². The van der Waals surface area contributed by atoms with Crippen LogP contribution < -0.4 is 10.2 Å². The van der Waals surface area contributed by atoms with Gasteiger partial charge in [0.2, 0.25) is 0 Å². The van der Waals surface area contributed by atoms with E-state index in [1.807, 2.05) is 18.2 Å². The van der Waals surface area contributed by atoms with Crippen LogP contribution in [0.1, 0.15) is 16.8 Å². The molecule has 5 heteroatoms. The number of benzene rings is 2. The van der Waals surface area contributed by atoms with Crippen molar-refractivity contribution in [1.29, 1.82) is 0 Å². The highest BCUT2D eigenvalue weighted by atomic mass is 19.2. The van der Waals surface area contributed by atoms with E-state index in [0.29, 0.717) is 12.2 Å². The molecule has 1 N–H and O–H groups in total. The van der Waals surface area contributed by atoms with Crippen molar-refractivity contribution >= 4 is 17.3 Å². The Morgan fingerprint density at radius 3 is 2.76 bits per heavy atom. The van der Waals surface area contributed by atoms with Gasteiger partial charge in [-0.1, -0.05) is 18.2 Å². The molecule has 1 heterocycles. The van der Waals surface area contributed by atoms with E-state index in [1.165, 1.54) is 17.0 Å². The number of hydrogen-bond donors (Lipinski definition) is 1. The topological polar surface area (TPSA) is 32.3 Å². The number of halogens is 2. The predicted octanol–water partition coefficient (Wildman–Crippen LogP) is 3.43. The number of fused-ring (bicyclic) bond motifs is 1. The first-order valence-electron chi connectivity index (χ1n) is 6.77. The Morgan fingerprint density at radius 1 is 1.10 bits per heavy atom. The summed E-state index contributed by atoms with van der Waals surface area (Å²) in [7, 11) is 0. The molecule has 0 atom stereocenters. The normalized spacial score (nSPS) is 14.1. The van der Waals surface area contributed by atoms with E-state index >= 15 is 0 Å². The standard InChI is InChI=1S/C16H14F2N2O/c17-12-6-3-5-11(15(12)18)16(21)20-10-4-9-19-13-7-1-2-8-14(13)20/h1-3,5-8,19H,4,9-10H2. The summed E-state index contributed by atoms with van der Waals surface area (Å²) in [4.78, 5) is 14.1. The molecule has 0 saturated carbocycles. The molecule has 0 aliphatic carbocycles. The maximum Gasteiger partial charge on any atom is 0.261 e. The third-order valence-corrected chi connectivity index (χ3v) is 3.50. The van der Waals surface area contributed by atoms with Crippen LogP contribution in [0.4, 0.5) is 20.2 Å². The van der Waals surface area contributed by atoms with Gasteiger partial charge in [0.1, 0.15) is 0 Å². The predicted molar refractivity (Wildman–Crippen MR) is 77.6 cm³/mol. The number of nitrogens with one attached hydrogen (secondary N) is 1. The van der Waals surface area contributed by atoms with Gasteiger partial charge in [0.05, 0.1) is 16.9 Å². The van der Waals surface area contributed by atoms with Crippen LogP contribution in [-0.2, 0) is 0 Å². The third-order valence-electron chi connectivity index (χ3n) is 3.50. The monoisotopic (exact) mass is 288 g/mol. The van der Waals surface area contributed by atoms with Crippen LogP contribution in [0, 0.1) is 11.6 Å². The molecule has 1 aliphatic heterocycles. The van der Waals surface area contributed by atoms with Crippen molar-refractivity contribution in [3.63, 3.8) is 0 Å². The molecule has 0 saturated heterocycles. The number of rotatable bonds is 1. The SMILES string of the molecule is O=C(c1cccc(F)c1F)N1CCCNc2ccccc21. The lowest BCUT2D eigenvalue weighted by Gasteiger charge is -2.22. The van der Waals surface area contributed by atoms with E-state index in [1.54, 1.807) is 6.07 Å². The van der Waals surface area contributed by atoms with Crippen molar-refractivity contribution in [1.82, 2.24) is 0 Å². The molecule has 1 aliphatic rings. The number of carbonyl (C=O) groups is 1. The summed E-state index contributed by atoms with van der Waals surface area (Å²) in [5, 5.41) is 3.23. The van der Waals surface area contributed by atoms with E-state index in [-0.39, 0.29) is 5.56 Å². The Kier molecular flexibility index (Phi) is 3.56. The van der Waals surface area contributed by atoms with Gasteiger partial charge in [0.25, 0.3) is 5.91 Å². The van der Waals surface area contributed by atoms with Crippen LogP contribution in [0.25, 0.3) is 0 Å². The van der Waals surface area contributed by atoms with Crippen molar-refractivity contribution in [2.45, 2.75) is 6.42 Å². The summed E-state index contributed by atoms with van der Waals surface area (Å²) in [5.41, 5.74) is 1.26. The van der Waals surface area contributed by atoms with Crippen LogP contribution in [0.3, 0.4) is 0 Å². The highest BCUT2D eigenvalue weighted by Crippen LogP contribution is 2.29. The van der Waals surface area contributed by atoms with E-state index in [4.69, 9.17) is 0 Å². The van der Waals surface area contributed by atoms with Gasteiger partial charge in [-0.25, -0.2) is 8.78 Å². The molecule has 0 unspecified atom stereocenters. The Bertz CT molecular complexity index is 688. The van der Waals surface area contributed by atoms with Crippen LogP contribution in [0.5, 0.6) is 0 Å². The quantitative estimate of drug-likeness (QED) is 0.872. The summed E-state index contributed by atoms with van der Waals surface area (Å²) >= 11 is 0. The molecule has 0 aromatic heterocycles. The fraction of sp³-hybridized carbons (Fsp3) is 0.188. The number of anilines is 2. The lowest BCUT2D eigenvalue weighted by molar-refractivity contribution is 0.0982. The summed E-state index contributed by atoms with van der Waals surface area (Å²) in [6.45, 7) is 1.19. The van der Waals surface area contributed by atoms with Crippen molar-refractivity contribution in [2.24, 2.45) is 0 Å². The summed E-state index contributed by atoms with van der Waals surface area (Å²) < 4.78 is 27.2. The first-order chi connectivity index (χ1) is 10.2. The molecule has 0 fully saturated rings.